The number of morpholine rings is 1. The Balaban J connectivity index is 1.58. The Kier molecular flexibility index (Phi) is 6.42. The van der Waals surface area contributed by atoms with E-state index < -0.39 is 0 Å². The van der Waals surface area contributed by atoms with Crippen LogP contribution in [0.4, 0.5) is 0 Å². The zero-order valence-corrected chi connectivity index (χ0v) is 17.0. The van der Waals surface area contributed by atoms with Crippen molar-refractivity contribution in [2.45, 2.75) is 25.3 Å². The van der Waals surface area contributed by atoms with Crippen molar-refractivity contribution < 1.29 is 14.3 Å². The Morgan fingerprint density at radius 2 is 1.90 bits per heavy atom. The molecule has 2 saturated heterocycles. The topological polar surface area (TPSA) is 54.9 Å². The first-order valence-electron chi connectivity index (χ1n) is 10.4. The minimum absolute atomic E-state index is 0.0581. The SMILES string of the molecule is COc1ccc(-c2ccncc2C2COCC(=O)N2CCN2CCCCC2)cc1. The molecular formula is C23H29N3O3. The average Bonchev–Trinajstić information content (AvgIpc) is 2.79. The van der Waals surface area contributed by atoms with Gasteiger partial charge in [0.25, 0.3) is 0 Å². The molecule has 1 amide bonds. The summed E-state index contributed by atoms with van der Waals surface area (Å²) in [4.78, 5) is 21.5. The lowest BCUT2D eigenvalue weighted by Gasteiger charge is -2.38. The van der Waals surface area contributed by atoms with E-state index in [1.54, 1.807) is 13.3 Å². The van der Waals surface area contributed by atoms with E-state index in [-0.39, 0.29) is 18.6 Å². The van der Waals surface area contributed by atoms with Crippen LogP contribution in [0.5, 0.6) is 5.75 Å². The Hall–Kier alpha value is -2.44. The van der Waals surface area contributed by atoms with Gasteiger partial charge in [0.2, 0.25) is 5.91 Å². The number of nitrogens with zero attached hydrogens (tertiary/aromatic N) is 3. The summed E-state index contributed by atoms with van der Waals surface area (Å²) in [7, 11) is 1.66. The fourth-order valence-corrected chi connectivity index (χ4v) is 4.28. The molecule has 0 aliphatic carbocycles. The zero-order valence-electron chi connectivity index (χ0n) is 17.0. The number of pyridine rings is 1. The third-order valence-electron chi connectivity index (χ3n) is 5.92. The number of ether oxygens (including phenoxy) is 2. The molecular weight excluding hydrogens is 366 g/mol. The molecule has 0 bridgehead atoms. The van der Waals surface area contributed by atoms with Crippen molar-refractivity contribution >= 4 is 5.91 Å². The van der Waals surface area contributed by atoms with Crippen molar-refractivity contribution in [2.24, 2.45) is 0 Å². The molecule has 1 atom stereocenters. The molecule has 1 aromatic heterocycles. The highest BCUT2D eigenvalue weighted by Crippen LogP contribution is 2.33. The van der Waals surface area contributed by atoms with E-state index in [1.165, 1.54) is 19.3 Å². The monoisotopic (exact) mass is 395 g/mol. The summed E-state index contributed by atoms with van der Waals surface area (Å²) in [6.45, 7) is 4.57. The molecule has 2 aromatic rings. The van der Waals surface area contributed by atoms with Crippen LogP contribution in [0.3, 0.4) is 0 Å². The van der Waals surface area contributed by atoms with Crippen molar-refractivity contribution in [2.75, 3.05) is 46.5 Å². The molecule has 0 radical (unpaired) electrons. The third kappa shape index (κ3) is 4.60. The lowest BCUT2D eigenvalue weighted by Crippen LogP contribution is -2.48. The van der Waals surface area contributed by atoms with Gasteiger partial charge in [0.05, 0.1) is 19.8 Å². The van der Waals surface area contributed by atoms with Crippen LogP contribution < -0.4 is 4.74 Å². The number of carbonyl (C=O) groups excluding carboxylic acids is 1. The highest BCUT2D eigenvalue weighted by Gasteiger charge is 2.32. The number of benzene rings is 1. The number of carbonyl (C=O) groups is 1. The summed E-state index contributed by atoms with van der Waals surface area (Å²) in [5, 5.41) is 0. The molecule has 2 aliphatic heterocycles. The first kappa shape index (κ1) is 19.9. The van der Waals surface area contributed by atoms with E-state index in [2.05, 4.69) is 9.88 Å². The standard InChI is InChI=1S/C23H29N3O3/c1-28-19-7-5-18(6-8-19)20-9-10-24-15-21(20)22-16-29-17-23(27)26(22)14-13-25-11-3-2-4-12-25/h5-10,15,22H,2-4,11-14,16-17H2,1H3. The van der Waals surface area contributed by atoms with Crippen LogP contribution in [0.15, 0.2) is 42.7 Å². The predicted molar refractivity (Wildman–Crippen MR) is 112 cm³/mol. The largest absolute Gasteiger partial charge is 0.497 e. The van der Waals surface area contributed by atoms with E-state index >= 15 is 0 Å². The van der Waals surface area contributed by atoms with Crippen LogP contribution in [0.2, 0.25) is 0 Å². The lowest BCUT2D eigenvalue weighted by atomic mass is 9.95. The second-order valence-corrected chi connectivity index (χ2v) is 7.71. The van der Waals surface area contributed by atoms with Crippen molar-refractivity contribution in [3.63, 3.8) is 0 Å². The quantitative estimate of drug-likeness (QED) is 0.752. The summed E-state index contributed by atoms with van der Waals surface area (Å²) in [5.41, 5.74) is 3.19. The summed E-state index contributed by atoms with van der Waals surface area (Å²) in [6, 6.07) is 9.89. The second-order valence-electron chi connectivity index (χ2n) is 7.71. The number of amides is 1. The van der Waals surface area contributed by atoms with Gasteiger partial charge in [-0.15, -0.1) is 0 Å². The number of methoxy groups -OCH3 is 1. The second kappa shape index (κ2) is 9.37. The zero-order chi connectivity index (χ0) is 20.1. The predicted octanol–water partition coefficient (Wildman–Crippen LogP) is 3.14. The third-order valence-corrected chi connectivity index (χ3v) is 5.92. The Bertz CT molecular complexity index is 818. The maximum Gasteiger partial charge on any atom is 0.249 e. The van der Waals surface area contributed by atoms with Crippen molar-refractivity contribution in [3.8, 4) is 16.9 Å². The molecule has 1 unspecified atom stereocenters. The highest BCUT2D eigenvalue weighted by atomic mass is 16.5. The van der Waals surface area contributed by atoms with E-state index in [0.717, 1.165) is 48.6 Å². The van der Waals surface area contributed by atoms with Gasteiger partial charge in [-0.1, -0.05) is 18.6 Å². The van der Waals surface area contributed by atoms with Gasteiger partial charge in [-0.25, -0.2) is 0 Å². The number of hydrogen-bond acceptors (Lipinski definition) is 5. The summed E-state index contributed by atoms with van der Waals surface area (Å²) in [6.07, 6.45) is 7.50. The average molecular weight is 396 g/mol. The smallest absolute Gasteiger partial charge is 0.249 e. The molecule has 154 valence electrons. The minimum Gasteiger partial charge on any atom is -0.497 e. The van der Waals surface area contributed by atoms with Gasteiger partial charge < -0.3 is 19.3 Å². The molecule has 2 aliphatic rings. The minimum atomic E-state index is -0.119. The van der Waals surface area contributed by atoms with Crippen LogP contribution in [0.25, 0.3) is 11.1 Å². The van der Waals surface area contributed by atoms with Gasteiger partial charge in [0, 0.05) is 31.0 Å². The molecule has 4 rings (SSSR count). The van der Waals surface area contributed by atoms with Gasteiger partial charge in [-0.2, -0.15) is 0 Å². The Labute approximate surface area is 172 Å². The van der Waals surface area contributed by atoms with E-state index in [0.29, 0.717) is 6.61 Å². The lowest BCUT2D eigenvalue weighted by molar-refractivity contribution is -0.148. The molecule has 6 nitrogen and oxygen atoms in total. The number of aromatic nitrogens is 1. The highest BCUT2D eigenvalue weighted by molar-refractivity contribution is 5.79. The molecule has 2 fully saturated rings. The first-order valence-corrected chi connectivity index (χ1v) is 10.4. The number of piperidine rings is 1. The van der Waals surface area contributed by atoms with Gasteiger partial charge >= 0.3 is 0 Å². The van der Waals surface area contributed by atoms with Crippen LogP contribution >= 0.6 is 0 Å². The van der Waals surface area contributed by atoms with Gasteiger partial charge in [0.1, 0.15) is 12.4 Å². The van der Waals surface area contributed by atoms with Crippen LogP contribution in [0.1, 0.15) is 30.9 Å². The van der Waals surface area contributed by atoms with Crippen molar-refractivity contribution in [1.29, 1.82) is 0 Å². The molecule has 1 aromatic carbocycles. The molecule has 0 saturated carbocycles. The maximum atomic E-state index is 12.7. The summed E-state index contributed by atoms with van der Waals surface area (Å²) < 4.78 is 10.9. The van der Waals surface area contributed by atoms with Crippen LogP contribution in [0, 0.1) is 0 Å². The summed E-state index contributed by atoms with van der Waals surface area (Å²) >= 11 is 0. The van der Waals surface area contributed by atoms with E-state index in [1.807, 2.05) is 41.4 Å². The molecule has 3 heterocycles. The molecule has 6 heteroatoms. The van der Waals surface area contributed by atoms with Crippen molar-refractivity contribution in [1.82, 2.24) is 14.8 Å². The van der Waals surface area contributed by atoms with Crippen LogP contribution in [-0.4, -0.2) is 67.2 Å². The van der Waals surface area contributed by atoms with Gasteiger partial charge in [0.15, 0.2) is 0 Å². The fourth-order valence-electron chi connectivity index (χ4n) is 4.28. The van der Waals surface area contributed by atoms with E-state index in [9.17, 15) is 4.79 Å². The Morgan fingerprint density at radius 3 is 2.66 bits per heavy atom. The number of likely N-dealkylation sites (tertiary alicyclic amines) is 1. The fraction of sp³-hybridized carbons (Fsp3) is 0.478. The number of rotatable bonds is 6. The van der Waals surface area contributed by atoms with E-state index in [4.69, 9.17) is 9.47 Å². The molecule has 29 heavy (non-hydrogen) atoms. The van der Waals surface area contributed by atoms with Crippen LogP contribution in [-0.2, 0) is 9.53 Å². The Morgan fingerprint density at radius 1 is 1.10 bits per heavy atom. The number of hydrogen-bond donors (Lipinski definition) is 0. The molecule has 0 spiro atoms. The maximum absolute atomic E-state index is 12.7. The first-order chi connectivity index (χ1) is 14.3. The van der Waals surface area contributed by atoms with Gasteiger partial charge in [-0.3, -0.25) is 9.78 Å². The van der Waals surface area contributed by atoms with Gasteiger partial charge in [-0.05, 0) is 55.3 Å². The normalized spacial score (nSPS) is 20.7. The van der Waals surface area contributed by atoms with Crippen molar-refractivity contribution in [3.05, 3.63) is 48.3 Å². The molecule has 0 N–H and O–H groups in total. The summed E-state index contributed by atoms with van der Waals surface area (Å²) in [5.74, 6) is 0.881.